The molecule has 90 valence electrons. The molecule has 0 aromatic heterocycles. The molecule has 0 fully saturated rings. The first-order valence-corrected chi connectivity index (χ1v) is 6.18. The molecule has 2 N–H and O–H groups in total. The zero-order valence-corrected chi connectivity index (χ0v) is 11.5. The van der Waals surface area contributed by atoms with Gasteiger partial charge in [-0.25, -0.2) is 0 Å². The predicted molar refractivity (Wildman–Crippen MR) is 70.2 cm³/mol. The van der Waals surface area contributed by atoms with Crippen molar-refractivity contribution in [2.24, 2.45) is 0 Å². The Labute approximate surface area is 109 Å². The average molecular weight is 309 g/mol. The molecular weight excluding hydrogens is 293 g/mol. The highest BCUT2D eigenvalue weighted by Crippen LogP contribution is 2.34. The number of rotatable bonds is 6. The molecule has 0 saturated carbocycles. The van der Waals surface area contributed by atoms with E-state index in [1.165, 1.54) is 0 Å². The van der Waals surface area contributed by atoms with Gasteiger partial charge in [0.15, 0.2) is 5.75 Å². The summed E-state index contributed by atoms with van der Waals surface area (Å²) >= 11 is 9.21. The van der Waals surface area contributed by atoms with Gasteiger partial charge in [-0.05, 0) is 40.9 Å². The minimum absolute atomic E-state index is 0.547. The summed E-state index contributed by atoms with van der Waals surface area (Å²) in [6.45, 7) is 1.37. The van der Waals surface area contributed by atoms with Crippen LogP contribution in [-0.2, 0) is 4.74 Å². The van der Waals surface area contributed by atoms with Crippen molar-refractivity contribution in [1.29, 1.82) is 0 Å². The van der Waals surface area contributed by atoms with Crippen LogP contribution in [0.1, 0.15) is 12.8 Å². The number of benzene rings is 1. The van der Waals surface area contributed by atoms with Crippen LogP contribution >= 0.6 is 27.5 Å². The Bertz CT molecular complexity index is 324. The Morgan fingerprint density at radius 2 is 2.00 bits per heavy atom. The number of nitrogens with two attached hydrogens (primary N) is 1. The number of anilines is 1. The maximum Gasteiger partial charge on any atom is 0.156 e. The van der Waals surface area contributed by atoms with E-state index >= 15 is 0 Å². The molecule has 0 aliphatic rings. The highest BCUT2D eigenvalue weighted by atomic mass is 79.9. The van der Waals surface area contributed by atoms with Crippen LogP contribution in [-0.4, -0.2) is 20.3 Å². The highest BCUT2D eigenvalue weighted by molar-refractivity contribution is 9.10. The van der Waals surface area contributed by atoms with E-state index in [1.54, 1.807) is 19.2 Å². The third-order valence-electron chi connectivity index (χ3n) is 2.03. The van der Waals surface area contributed by atoms with Gasteiger partial charge in [-0.2, -0.15) is 0 Å². The highest BCUT2D eigenvalue weighted by Gasteiger charge is 2.07. The fraction of sp³-hybridized carbons (Fsp3) is 0.455. The molecule has 0 heterocycles. The summed E-state index contributed by atoms with van der Waals surface area (Å²) in [6, 6.07) is 3.44. The number of hydrogen-bond acceptors (Lipinski definition) is 3. The maximum atomic E-state index is 5.84. The van der Waals surface area contributed by atoms with Gasteiger partial charge in [0.25, 0.3) is 0 Å². The first-order valence-electron chi connectivity index (χ1n) is 5.01. The lowest BCUT2D eigenvalue weighted by Crippen LogP contribution is -2.02. The number of halogens is 2. The number of methoxy groups -OCH3 is 1. The summed E-state index contributed by atoms with van der Waals surface area (Å²) in [5, 5.41) is 0.594. The summed E-state index contributed by atoms with van der Waals surface area (Å²) in [5.41, 5.74) is 6.35. The number of nitrogen functional groups attached to an aromatic ring is 1. The molecule has 0 unspecified atom stereocenters. The maximum absolute atomic E-state index is 5.84. The smallest absolute Gasteiger partial charge is 0.156 e. The second-order valence-corrected chi connectivity index (χ2v) is 4.65. The second kappa shape index (κ2) is 6.99. The molecule has 0 bridgehead atoms. The second-order valence-electron chi connectivity index (χ2n) is 3.35. The van der Waals surface area contributed by atoms with E-state index in [2.05, 4.69) is 15.9 Å². The molecule has 0 atom stereocenters. The Morgan fingerprint density at radius 1 is 1.31 bits per heavy atom. The average Bonchev–Trinajstić information content (AvgIpc) is 2.20. The van der Waals surface area contributed by atoms with Crippen LogP contribution in [0, 0.1) is 0 Å². The standard InChI is InChI=1S/C11H15BrClNO2/c1-15-4-2-3-5-16-11-9(12)6-8(13)7-10(11)14/h6-7H,2-5,14H2,1H3. The van der Waals surface area contributed by atoms with E-state index < -0.39 is 0 Å². The van der Waals surface area contributed by atoms with Gasteiger partial charge in [-0.3, -0.25) is 0 Å². The van der Waals surface area contributed by atoms with Crippen LogP contribution in [0.4, 0.5) is 5.69 Å². The van der Waals surface area contributed by atoms with Gasteiger partial charge in [0.2, 0.25) is 0 Å². The van der Waals surface area contributed by atoms with Crippen LogP contribution in [0.3, 0.4) is 0 Å². The third-order valence-corrected chi connectivity index (χ3v) is 2.83. The van der Waals surface area contributed by atoms with E-state index in [0.717, 1.165) is 23.9 Å². The molecule has 0 saturated heterocycles. The molecule has 16 heavy (non-hydrogen) atoms. The molecular formula is C11H15BrClNO2. The van der Waals surface area contributed by atoms with Gasteiger partial charge in [0.1, 0.15) is 0 Å². The van der Waals surface area contributed by atoms with Gasteiger partial charge in [-0.15, -0.1) is 0 Å². The van der Waals surface area contributed by atoms with E-state index in [1.807, 2.05) is 0 Å². The molecule has 0 aliphatic carbocycles. The van der Waals surface area contributed by atoms with Gasteiger partial charge in [-0.1, -0.05) is 11.6 Å². The minimum Gasteiger partial charge on any atom is -0.490 e. The summed E-state index contributed by atoms with van der Waals surface area (Å²) in [6.07, 6.45) is 1.91. The van der Waals surface area contributed by atoms with Crippen molar-refractivity contribution in [2.45, 2.75) is 12.8 Å². The van der Waals surface area contributed by atoms with Crippen LogP contribution < -0.4 is 10.5 Å². The number of hydrogen-bond donors (Lipinski definition) is 1. The van der Waals surface area contributed by atoms with E-state index in [0.29, 0.717) is 23.1 Å². The topological polar surface area (TPSA) is 44.5 Å². The fourth-order valence-electron chi connectivity index (χ4n) is 1.26. The van der Waals surface area contributed by atoms with Crippen LogP contribution in [0.5, 0.6) is 5.75 Å². The van der Waals surface area contributed by atoms with Gasteiger partial charge in [0.05, 0.1) is 16.8 Å². The van der Waals surface area contributed by atoms with Gasteiger partial charge < -0.3 is 15.2 Å². The van der Waals surface area contributed by atoms with Crippen molar-refractivity contribution < 1.29 is 9.47 Å². The fourth-order valence-corrected chi connectivity index (χ4v) is 2.20. The van der Waals surface area contributed by atoms with E-state index in [9.17, 15) is 0 Å². The van der Waals surface area contributed by atoms with E-state index in [-0.39, 0.29) is 0 Å². The molecule has 0 aliphatic heterocycles. The molecule has 1 rings (SSSR count). The van der Waals surface area contributed by atoms with Gasteiger partial charge in [0, 0.05) is 18.7 Å². The normalized spacial score (nSPS) is 10.4. The first-order chi connectivity index (χ1) is 7.65. The molecule has 0 amide bonds. The Kier molecular flexibility index (Phi) is 5.95. The number of ether oxygens (including phenoxy) is 2. The molecule has 1 aromatic carbocycles. The van der Waals surface area contributed by atoms with Crippen molar-refractivity contribution in [3.8, 4) is 5.75 Å². The Morgan fingerprint density at radius 3 is 2.62 bits per heavy atom. The van der Waals surface area contributed by atoms with Crippen LogP contribution in [0.25, 0.3) is 0 Å². The first kappa shape index (κ1) is 13.6. The quantitative estimate of drug-likeness (QED) is 0.646. The number of unbranched alkanes of at least 4 members (excludes halogenated alkanes) is 1. The molecule has 0 spiro atoms. The van der Waals surface area contributed by atoms with Crippen molar-refractivity contribution in [2.75, 3.05) is 26.1 Å². The largest absolute Gasteiger partial charge is 0.490 e. The van der Waals surface area contributed by atoms with Crippen molar-refractivity contribution >= 4 is 33.2 Å². The zero-order chi connectivity index (χ0) is 12.0. The lowest BCUT2D eigenvalue weighted by molar-refractivity contribution is 0.184. The Balaban J connectivity index is 2.47. The Hall–Kier alpha value is -0.450. The zero-order valence-electron chi connectivity index (χ0n) is 9.13. The molecule has 1 aromatic rings. The van der Waals surface area contributed by atoms with Gasteiger partial charge >= 0.3 is 0 Å². The SMILES string of the molecule is COCCCCOc1c(N)cc(Cl)cc1Br. The summed E-state index contributed by atoms with van der Waals surface area (Å²) in [4.78, 5) is 0. The summed E-state index contributed by atoms with van der Waals surface area (Å²) < 4.78 is 11.3. The molecule has 0 radical (unpaired) electrons. The molecule has 3 nitrogen and oxygen atoms in total. The molecule has 5 heteroatoms. The van der Waals surface area contributed by atoms with Crippen molar-refractivity contribution in [1.82, 2.24) is 0 Å². The monoisotopic (exact) mass is 307 g/mol. The van der Waals surface area contributed by atoms with Crippen LogP contribution in [0.2, 0.25) is 5.02 Å². The van der Waals surface area contributed by atoms with E-state index in [4.69, 9.17) is 26.8 Å². The lowest BCUT2D eigenvalue weighted by atomic mass is 10.3. The van der Waals surface area contributed by atoms with Crippen molar-refractivity contribution in [3.05, 3.63) is 21.6 Å². The third kappa shape index (κ3) is 4.20. The van der Waals surface area contributed by atoms with Crippen LogP contribution in [0.15, 0.2) is 16.6 Å². The summed E-state index contributed by atoms with van der Waals surface area (Å²) in [7, 11) is 1.69. The van der Waals surface area contributed by atoms with Crippen molar-refractivity contribution in [3.63, 3.8) is 0 Å². The minimum atomic E-state index is 0.547. The predicted octanol–water partition coefficient (Wildman–Crippen LogP) is 3.49. The lowest BCUT2D eigenvalue weighted by Gasteiger charge is -2.11. The summed E-state index contributed by atoms with van der Waals surface area (Å²) in [5.74, 6) is 0.654.